The predicted octanol–water partition coefficient (Wildman–Crippen LogP) is 2.82. The van der Waals surface area contributed by atoms with Crippen LogP contribution in [0.3, 0.4) is 0 Å². The van der Waals surface area contributed by atoms with E-state index in [4.69, 9.17) is 5.11 Å². The van der Waals surface area contributed by atoms with Crippen LogP contribution < -0.4 is 5.32 Å². The summed E-state index contributed by atoms with van der Waals surface area (Å²) in [4.78, 5) is 23.6. The Balaban J connectivity index is 1.68. The van der Waals surface area contributed by atoms with Gasteiger partial charge < -0.3 is 10.4 Å². The van der Waals surface area contributed by atoms with Crippen molar-refractivity contribution in [2.45, 2.75) is 44.1 Å². The van der Waals surface area contributed by atoms with Gasteiger partial charge >= 0.3 is 5.97 Å². The van der Waals surface area contributed by atoms with Crippen molar-refractivity contribution in [2.75, 3.05) is 0 Å². The number of amides is 1. The SMILES string of the molecule is O=C(O)C1CCCC(C(=O)NC2(c3cccc(F)c3)CC2)C1. The minimum Gasteiger partial charge on any atom is -0.481 e. The van der Waals surface area contributed by atoms with Crippen molar-refractivity contribution in [1.82, 2.24) is 5.32 Å². The summed E-state index contributed by atoms with van der Waals surface area (Å²) < 4.78 is 13.4. The monoisotopic (exact) mass is 305 g/mol. The van der Waals surface area contributed by atoms with E-state index < -0.39 is 17.4 Å². The molecule has 2 N–H and O–H groups in total. The van der Waals surface area contributed by atoms with Crippen LogP contribution in [0.25, 0.3) is 0 Å². The van der Waals surface area contributed by atoms with Crippen LogP contribution in [0.4, 0.5) is 4.39 Å². The van der Waals surface area contributed by atoms with Crippen molar-refractivity contribution in [3.63, 3.8) is 0 Å². The lowest BCUT2D eigenvalue weighted by molar-refractivity contribution is -0.144. The van der Waals surface area contributed by atoms with Crippen molar-refractivity contribution in [3.8, 4) is 0 Å². The zero-order valence-corrected chi connectivity index (χ0v) is 12.3. The lowest BCUT2D eigenvalue weighted by Crippen LogP contribution is -2.41. The molecule has 2 aliphatic rings. The first-order chi connectivity index (χ1) is 10.5. The number of rotatable bonds is 4. The smallest absolute Gasteiger partial charge is 0.306 e. The van der Waals surface area contributed by atoms with E-state index >= 15 is 0 Å². The molecule has 22 heavy (non-hydrogen) atoms. The van der Waals surface area contributed by atoms with Crippen LogP contribution in [-0.4, -0.2) is 17.0 Å². The summed E-state index contributed by atoms with van der Waals surface area (Å²) >= 11 is 0. The second-order valence-electron chi connectivity index (χ2n) is 6.48. The molecule has 1 amide bonds. The summed E-state index contributed by atoms with van der Waals surface area (Å²) in [6, 6.07) is 6.34. The molecule has 0 radical (unpaired) electrons. The molecule has 0 saturated heterocycles. The number of halogens is 1. The fourth-order valence-corrected chi connectivity index (χ4v) is 3.39. The Morgan fingerprint density at radius 3 is 2.59 bits per heavy atom. The molecule has 2 unspecified atom stereocenters. The fourth-order valence-electron chi connectivity index (χ4n) is 3.39. The van der Waals surface area contributed by atoms with E-state index in [0.717, 1.165) is 31.2 Å². The Bertz CT molecular complexity index is 597. The summed E-state index contributed by atoms with van der Waals surface area (Å²) in [5.74, 6) is -1.88. The number of nitrogens with one attached hydrogen (secondary N) is 1. The summed E-state index contributed by atoms with van der Waals surface area (Å²) in [6.07, 6.45) is 4.15. The van der Waals surface area contributed by atoms with E-state index in [1.807, 2.05) is 6.07 Å². The lowest BCUT2D eigenvalue weighted by Gasteiger charge is -2.28. The van der Waals surface area contributed by atoms with Gasteiger partial charge in [-0.3, -0.25) is 9.59 Å². The van der Waals surface area contributed by atoms with Gasteiger partial charge in [0.25, 0.3) is 0 Å². The number of carbonyl (C=O) groups excluding carboxylic acids is 1. The minimum atomic E-state index is -0.816. The highest BCUT2D eigenvalue weighted by Crippen LogP contribution is 2.46. The third-order valence-electron chi connectivity index (χ3n) is 4.88. The molecule has 2 fully saturated rings. The molecule has 0 aromatic heterocycles. The normalized spacial score (nSPS) is 26.2. The van der Waals surface area contributed by atoms with E-state index in [1.54, 1.807) is 6.07 Å². The number of carbonyl (C=O) groups is 2. The Labute approximate surface area is 128 Å². The Morgan fingerprint density at radius 1 is 1.23 bits per heavy atom. The first-order valence-corrected chi connectivity index (χ1v) is 7.81. The highest BCUT2D eigenvalue weighted by molar-refractivity contribution is 5.81. The van der Waals surface area contributed by atoms with Crippen molar-refractivity contribution < 1.29 is 19.1 Å². The molecule has 2 atom stereocenters. The quantitative estimate of drug-likeness (QED) is 0.899. The Kier molecular flexibility index (Phi) is 3.89. The first-order valence-electron chi connectivity index (χ1n) is 7.81. The van der Waals surface area contributed by atoms with Crippen molar-refractivity contribution in [3.05, 3.63) is 35.6 Å². The summed E-state index contributed by atoms with van der Waals surface area (Å²) in [5, 5.41) is 12.2. The Morgan fingerprint density at radius 2 is 1.95 bits per heavy atom. The topological polar surface area (TPSA) is 66.4 Å². The van der Waals surface area contributed by atoms with Gasteiger partial charge in [-0.15, -0.1) is 0 Å². The second kappa shape index (κ2) is 5.71. The summed E-state index contributed by atoms with van der Waals surface area (Å²) in [5.41, 5.74) is 0.349. The molecule has 4 nitrogen and oxygen atoms in total. The number of carboxylic acid groups (broad SMARTS) is 1. The molecular weight excluding hydrogens is 285 g/mol. The number of hydrogen-bond donors (Lipinski definition) is 2. The van der Waals surface area contributed by atoms with E-state index in [0.29, 0.717) is 12.8 Å². The van der Waals surface area contributed by atoms with Gasteiger partial charge in [0.1, 0.15) is 5.82 Å². The van der Waals surface area contributed by atoms with E-state index in [-0.39, 0.29) is 17.6 Å². The fraction of sp³-hybridized carbons (Fsp3) is 0.529. The first kappa shape index (κ1) is 15.0. The van der Waals surface area contributed by atoms with Gasteiger partial charge in [0, 0.05) is 5.92 Å². The molecular formula is C17H20FNO3. The van der Waals surface area contributed by atoms with Gasteiger partial charge in [0.05, 0.1) is 11.5 Å². The van der Waals surface area contributed by atoms with Crippen molar-refractivity contribution in [2.24, 2.45) is 11.8 Å². The second-order valence-corrected chi connectivity index (χ2v) is 6.48. The Hall–Kier alpha value is -1.91. The van der Waals surface area contributed by atoms with Crippen LogP contribution in [0, 0.1) is 17.7 Å². The van der Waals surface area contributed by atoms with Gasteiger partial charge in [-0.1, -0.05) is 18.6 Å². The van der Waals surface area contributed by atoms with Crippen LogP contribution in [0.5, 0.6) is 0 Å². The van der Waals surface area contributed by atoms with E-state index in [9.17, 15) is 14.0 Å². The number of aliphatic carboxylic acids is 1. The maximum absolute atomic E-state index is 13.4. The van der Waals surface area contributed by atoms with Crippen molar-refractivity contribution in [1.29, 1.82) is 0 Å². The molecule has 2 saturated carbocycles. The van der Waals surface area contributed by atoms with Crippen LogP contribution in [0.2, 0.25) is 0 Å². The number of carboxylic acids is 1. The predicted molar refractivity (Wildman–Crippen MR) is 78.5 cm³/mol. The molecule has 0 spiro atoms. The zero-order valence-electron chi connectivity index (χ0n) is 12.3. The highest BCUT2D eigenvalue weighted by Gasteiger charge is 2.47. The van der Waals surface area contributed by atoms with Gasteiger partial charge in [0.15, 0.2) is 0 Å². The maximum Gasteiger partial charge on any atom is 0.306 e. The molecule has 118 valence electrons. The minimum absolute atomic E-state index is 0.0901. The average Bonchev–Trinajstić information content (AvgIpc) is 3.28. The van der Waals surface area contributed by atoms with Crippen LogP contribution in [0.1, 0.15) is 44.1 Å². The van der Waals surface area contributed by atoms with Crippen molar-refractivity contribution >= 4 is 11.9 Å². The molecule has 3 rings (SSSR count). The standard InChI is InChI=1S/C17H20FNO3/c18-14-6-2-5-13(10-14)17(7-8-17)19-15(20)11-3-1-4-12(9-11)16(21)22/h2,5-6,10-12H,1,3-4,7-9H2,(H,19,20)(H,21,22). The highest BCUT2D eigenvalue weighted by atomic mass is 19.1. The molecule has 0 bridgehead atoms. The lowest BCUT2D eigenvalue weighted by atomic mass is 9.81. The van der Waals surface area contributed by atoms with E-state index in [1.165, 1.54) is 12.1 Å². The molecule has 0 aliphatic heterocycles. The molecule has 0 heterocycles. The largest absolute Gasteiger partial charge is 0.481 e. The molecule has 1 aromatic carbocycles. The van der Waals surface area contributed by atoms with Gasteiger partial charge in [0.2, 0.25) is 5.91 Å². The third-order valence-corrected chi connectivity index (χ3v) is 4.88. The third kappa shape index (κ3) is 2.98. The molecule has 1 aromatic rings. The van der Waals surface area contributed by atoms with E-state index in [2.05, 4.69) is 5.32 Å². The average molecular weight is 305 g/mol. The van der Waals surface area contributed by atoms with Crippen LogP contribution in [-0.2, 0) is 15.1 Å². The molecule has 2 aliphatic carbocycles. The van der Waals surface area contributed by atoms with Gasteiger partial charge in [-0.05, 0) is 49.8 Å². The summed E-state index contributed by atoms with van der Waals surface area (Å²) in [6.45, 7) is 0. The van der Waals surface area contributed by atoms with Gasteiger partial charge in [-0.25, -0.2) is 4.39 Å². The number of hydrogen-bond acceptors (Lipinski definition) is 2. The van der Waals surface area contributed by atoms with Crippen LogP contribution in [0.15, 0.2) is 24.3 Å². The van der Waals surface area contributed by atoms with Gasteiger partial charge in [-0.2, -0.15) is 0 Å². The summed E-state index contributed by atoms with van der Waals surface area (Å²) in [7, 11) is 0. The zero-order chi connectivity index (χ0) is 15.7. The van der Waals surface area contributed by atoms with Crippen LogP contribution >= 0.6 is 0 Å². The molecule has 5 heteroatoms. The number of benzene rings is 1. The maximum atomic E-state index is 13.4.